The lowest BCUT2D eigenvalue weighted by molar-refractivity contribution is 0.140. The molecule has 1 aliphatic heterocycles. The highest BCUT2D eigenvalue weighted by atomic mass is 15.2. The Morgan fingerprint density at radius 2 is 2.08 bits per heavy atom. The predicted molar refractivity (Wildman–Crippen MR) is 51.2 cm³/mol. The van der Waals surface area contributed by atoms with Gasteiger partial charge < -0.3 is 5.32 Å². The normalized spacial score (nSPS) is 38.5. The van der Waals surface area contributed by atoms with Crippen LogP contribution in [-0.4, -0.2) is 36.6 Å². The lowest BCUT2D eigenvalue weighted by atomic mass is 10.1. The Bertz CT molecular complexity index is 152. The van der Waals surface area contributed by atoms with Crippen molar-refractivity contribution in [3.8, 4) is 0 Å². The summed E-state index contributed by atoms with van der Waals surface area (Å²) in [5.74, 6) is 1.04. The largest absolute Gasteiger partial charge is 0.311 e. The summed E-state index contributed by atoms with van der Waals surface area (Å²) < 4.78 is 0. The highest BCUT2D eigenvalue weighted by Crippen LogP contribution is 2.30. The monoisotopic (exact) mass is 168 g/mol. The van der Waals surface area contributed by atoms with Gasteiger partial charge in [0, 0.05) is 31.7 Å². The van der Waals surface area contributed by atoms with Gasteiger partial charge in [0.25, 0.3) is 0 Å². The van der Waals surface area contributed by atoms with Crippen LogP contribution in [0.15, 0.2) is 0 Å². The standard InChI is InChI=1S/C10H20N2/c1-8-6-12(7-10-3-4-10)9(2)5-11-8/h8-11H,3-7H2,1-2H3. The summed E-state index contributed by atoms with van der Waals surface area (Å²) in [4.78, 5) is 2.65. The van der Waals surface area contributed by atoms with E-state index in [1.54, 1.807) is 0 Å². The number of hydrogen-bond acceptors (Lipinski definition) is 2. The SMILES string of the molecule is CC1CN(CC2CC2)C(C)CN1. The molecule has 0 radical (unpaired) electrons. The van der Waals surface area contributed by atoms with Crippen molar-refractivity contribution < 1.29 is 0 Å². The van der Waals surface area contributed by atoms with E-state index in [-0.39, 0.29) is 0 Å². The quantitative estimate of drug-likeness (QED) is 0.663. The molecule has 1 aliphatic carbocycles. The van der Waals surface area contributed by atoms with Gasteiger partial charge in [0.2, 0.25) is 0 Å². The maximum absolute atomic E-state index is 3.51. The van der Waals surface area contributed by atoms with E-state index in [0.29, 0.717) is 6.04 Å². The van der Waals surface area contributed by atoms with Crippen molar-refractivity contribution in [2.75, 3.05) is 19.6 Å². The van der Waals surface area contributed by atoms with E-state index in [4.69, 9.17) is 0 Å². The molecule has 0 aromatic rings. The maximum Gasteiger partial charge on any atom is 0.0193 e. The Morgan fingerprint density at radius 3 is 2.75 bits per heavy atom. The molecule has 12 heavy (non-hydrogen) atoms. The molecule has 2 aliphatic rings. The first-order chi connectivity index (χ1) is 5.75. The minimum atomic E-state index is 0.694. The average Bonchev–Trinajstić information content (AvgIpc) is 2.81. The molecule has 0 aromatic heterocycles. The molecule has 0 bridgehead atoms. The third-order valence-electron chi connectivity index (χ3n) is 3.08. The fraction of sp³-hybridized carbons (Fsp3) is 1.00. The summed E-state index contributed by atoms with van der Waals surface area (Å²) in [6, 6.07) is 1.45. The zero-order chi connectivity index (χ0) is 8.55. The Hall–Kier alpha value is -0.0800. The van der Waals surface area contributed by atoms with Crippen LogP contribution < -0.4 is 5.32 Å². The van der Waals surface area contributed by atoms with E-state index in [2.05, 4.69) is 24.1 Å². The Kier molecular flexibility index (Phi) is 2.37. The Balaban J connectivity index is 1.82. The van der Waals surface area contributed by atoms with Crippen LogP contribution in [0.4, 0.5) is 0 Å². The molecule has 1 saturated carbocycles. The summed E-state index contributed by atoms with van der Waals surface area (Å²) >= 11 is 0. The van der Waals surface area contributed by atoms with Gasteiger partial charge >= 0.3 is 0 Å². The zero-order valence-electron chi connectivity index (χ0n) is 8.21. The number of rotatable bonds is 2. The van der Waals surface area contributed by atoms with E-state index in [9.17, 15) is 0 Å². The number of nitrogens with zero attached hydrogens (tertiary/aromatic N) is 1. The van der Waals surface area contributed by atoms with Gasteiger partial charge in [0.05, 0.1) is 0 Å². The van der Waals surface area contributed by atoms with E-state index in [0.717, 1.165) is 12.0 Å². The van der Waals surface area contributed by atoms with Crippen molar-refractivity contribution in [1.82, 2.24) is 10.2 Å². The topological polar surface area (TPSA) is 15.3 Å². The molecule has 0 aromatic carbocycles. The van der Waals surface area contributed by atoms with Crippen molar-refractivity contribution in [1.29, 1.82) is 0 Å². The average molecular weight is 168 g/mol. The lowest BCUT2D eigenvalue weighted by Crippen LogP contribution is -2.54. The van der Waals surface area contributed by atoms with Crippen LogP contribution in [0.1, 0.15) is 26.7 Å². The third-order valence-corrected chi connectivity index (χ3v) is 3.08. The molecule has 1 N–H and O–H groups in total. The summed E-state index contributed by atoms with van der Waals surface area (Å²) in [7, 11) is 0. The van der Waals surface area contributed by atoms with E-state index in [1.807, 2.05) is 0 Å². The maximum atomic E-state index is 3.51. The van der Waals surface area contributed by atoms with Crippen LogP contribution >= 0.6 is 0 Å². The van der Waals surface area contributed by atoms with Crippen LogP contribution in [0.2, 0.25) is 0 Å². The fourth-order valence-corrected chi connectivity index (χ4v) is 1.98. The van der Waals surface area contributed by atoms with E-state index in [1.165, 1.54) is 32.5 Å². The molecule has 0 spiro atoms. The Morgan fingerprint density at radius 1 is 1.33 bits per heavy atom. The van der Waals surface area contributed by atoms with Gasteiger partial charge in [-0.25, -0.2) is 0 Å². The molecular weight excluding hydrogens is 148 g/mol. The molecule has 2 unspecified atom stereocenters. The van der Waals surface area contributed by atoms with Gasteiger partial charge in [-0.1, -0.05) is 0 Å². The number of nitrogens with one attached hydrogen (secondary N) is 1. The summed E-state index contributed by atoms with van der Waals surface area (Å²) in [6.45, 7) is 8.39. The van der Waals surface area contributed by atoms with Gasteiger partial charge in [-0.3, -0.25) is 4.90 Å². The van der Waals surface area contributed by atoms with Crippen LogP contribution in [0.5, 0.6) is 0 Å². The minimum absolute atomic E-state index is 0.694. The highest BCUT2D eigenvalue weighted by molar-refractivity contribution is 4.85. The molecule has 1 heterocycles. The number of piperazine rings is 1. The molecular formula is C10H20N2. The third kappa shape index (κ3) is 1.99. The summed E-state index contributed by atoms with van der Waals surface area (Å²) in [5, 5.41) is 3.51. The second-order valence-corrected chi connectivity index (χ2v) is 4.56. The smallest absolute Gasteiger partial charge is 0.0193 e. The molecule has 70 valence electrons. The van der Waals surface area contributed by atoms with Gasteiger partial charge in [-0.15, -0.1) is 0 Å². The van der Waals surface area contributed by atoms with Crippen LogP contribution in [0.3, 0.4) is 0 Å². The molecule has 2 heteroatoms. The molecule has 1 saturated heterocycles. The summed E-state index contributed by atoms with van der Waals surface area (Å²) in [6.07, 6.45) is 2.95. The molecule has 2 nitrogen and oxygen atoms in total. The van der Waals surface area contributed by atoms with Crippen molar-refractivity contribution >= 4 is 0 Å². The second-order valence-electron chi connectivity index (χ2n) is 4.56. The van der Waals surface area contributed by atoms with Crippen molar-refractivity contribution in [2.45, 2.75) is 38.8 Å². The van der Waals surface area contributed by atoms with E-state index < -0.39 is 0 Å². The van der Waals surface area contributed by atoms with Gasteiger partial charge in [0.1, 0.15) is 0 Å². The number of hydrogen-bond donors (Lipinski definition) is 1. The predicted octanol–water partition coefficient (Wildman–Crippen LogP) is 1.08. The zero-order valence-corrected chi connectivity index (χ0v) is 8.21. The van der Waals surface area contributed by atoms with E-state index >= 15 is 0 Å². The Labute approximate surface area is 75.3 Å². The molecule has 2 fully saturated rings. The van der Waals surface area contributed by atoms with Gasteiger partial charge in [-0.05, 0) is 32.6 Å². The van der Waals surface area contributed by atoms with Crippen LogP contribution in [0.25, 0.3) is 0 Å². The lowest BCUT2D eigenvalue weighted by Gasteiger charge is -2.37. The minimum Gasteiger partial charge on any atom is -0.311 e. The molecule has 2 rings (SSSR count). The summed E-state index contributed by atoms with van der Waals surface area (Å²) in [5.41, 5.74) is 0. The first-order valence-corrected chi connectivity index (χ1v) is 5.23. The fourth-order valence-electron chi connectivity index (χ4n) is 1.98. The van der Waals surface area contributed by atoms with Crippen molar-refractivity contribution in [3.05, 3.63) is 0 Å². The first kappa shape index (κ1) is 8.52. The van der Waals surface area contributed by atoms with Gasteiger partial charge in [0.15, 0.2) is 0 Å². The van der Waals surface area contributed by atoms with Crippen molar-refractivity contribution in [2.24, 2.45) is 5.92 Å². The molecule has 2 atom stereocenters. The van der Waals surface area contributed by atoms with Crippen molar-refractivity contribution in [3.63, 3.8) is 0 Å². The van der Waals surface area contributed by atoms with Crippen LogP contribution in [0, 0.1) is 5.92 Å². The molecule has 0 amide bonds. The van der Waals surface area contributed by atoms with Crippen LogP contribution in [-0.2, 0) is 0 Å². The van der Waals surface area contributed by atoms with Gasteiger partial charge in [-0.2, -0.15) is 0 Å². The first-order valence-electron chi connectivity index (χ1n) is 5.23. The second kappa shape index (κ2) is 3.35. The highest BCUT2D eigenvalue weighted by Gasteiger charge is 2.29.